The fourth-order valence-electron chi connectivity index (χ4n) is 3.19. The highest BCUT2D eigenvalue weighted by Gasteiger charge is 2.37. The third kappa shape index (κ3) is 2.61. The van der Waals surface area contributed by atoms with Gasteiger partial charge in [0.25, 0.3) is 0 Å². The maximum absolute atomic E-state index is 6.63. The van der Waals surface area contributed by atoms with Crippen molar-refractivity contribution in [3.63, 3.8) is 0 Å². The summed E-state index contributed by atoms with van der Waals surface area (Å²) in [6, 6.07) is 12.2. The van der Waals surface area contributed by atoms with Gasteiger partial charge in [0, 0.05) is 11.7 Å². The van der Waals surface area contributed by atoms with Gasteiger partial charge in [-0.2, -0.15) is 5.10 Å². The number of nitrogens with zero attached hydrogens (tertiary/aromatic N) is 3. The summed E-state index contributed by atoms with van der Waals surface area (Å²) in [5.41, 5.74) is 8.69. The molecule has 1 aromatic carbocycles. The van der Waals surface area contributed by atoms with Gasteiger partial charge in [0.15, 0.2) is 0 Å². The number of benzene rings is 1. The van der Waals surface area contributed by atoms with E-state index in [9.17, 15) is 0 Å². The van der Waals surface area contributed by atoms with Crippen LogP contribution in [0.3, 0.4) is 0 Å². The molecule has 1 aliphatic rings. The first kappa shape index (κ1) is 14.3. The Morgan fingerprint density at radius 1 is 1.10 bits per heavy atom. The van der Waals surface area contributed by atoms with Gasteiger partial charge in [0.1, 0.15) is 0 Å². The Balaban J connectivity index is 1.92. The molecule has 1 saturated heterocycles. The molecule has 1 unspecified atom stereocenters. The highest BCUT2D eigenvalue weighted by Crippen LogP contribution is 2.32. The molecule has 3 rings (SSSR count). The van der Waals surface area contributed by atoms with E-state index in [0.717, 1.165) is 24.5 Å². The Hall–Kier alpha value is -1.65. The highest BCUT2D eigenvalue weighted by molar-refractivity contribution is 5.33. The second-order valence-electron chi connectivity index (χ2n) is 6.33. The predicted octanol–water partition coefficient (Wildman–Crippen LogP) is 2.75. The third-order valence-electron chi connectivity index (χ3n) is 4.67. The lowest BCUT2D eigenvalue weighted by Crippen LogP contribution is -2.50. The number of para-hydroxylation sites is 1. The topological polar surface area (TPSA) is 47.1 Å². The molecular formula is C17H24N4. The molecule has 21 heavy (non-hydrogen) atoms. The van der Waals surface area contributed by atoms with Gasteiger partial charge in [-0.3, -0.25) is 4.90 Å². The summed E-state index contributed by atoms with van der Waals surface area (Å²) in [6.07, 6.45) is 4.38. The number of hydrogen-bond donors (Lipinski definition) is 1. The summed E-state index contributed by atoms with van der Waals surface area (Å²) < 4.78 is 1.96. The summed E-state index contributed by atoms with van der Waals surface area (Å²) in [5, 5.41) is 4.47. The second-order valence-corrected chi connectivity index (χ2v) is 6.33. The van der Waals surface area contributed by atoms with Crippen molar-refractivity contribution in [1.82, 2.24) is 14.7 Å². The number of rotatable bonds is 4. The molecule has 0 radical (unpaired) electrons. The number of nitrogens with two attached hydrogens (primary N) is 1. The molecule has 2 aromatic rings. The predicted molar refractivity (Wildman–Crippen MR) is 85.4 cm³/mol. The van der Waals surface area contributed by atoms with E-state index in [2.05, 4.69) is 36.0 Å². The molecule has 1 atom stereocenters. The van der Waals surface area contributed by atoms with Gasteiger partial charge in [-0.25, -0.2) is 4.68 Å². The average molecular weight is 284 g/mol. The summed E-state index contributed by atoms with van der Waals surface area (Å²) in [6.45, 7) is 6.76. The van der Waals surface area contributed by atoms with Gasteiger partial charge < -0.3 is 5.73 Å². The van der Waals surface area contributed by atoms with Crippen LogP contribution in [0.2, 0.25) is 0 Å². The van der Waals surface area contributed by atoms with Crippen LogP contribution in [-0.4, -0.2) is 33.3 Å². The van der Waals surface area contributed by atoms with Crippen LogP contribution in [0.4, 0.5) is 0 Å². The molecule has 2 N–H and O–H groups in total. The van der Waals surface area contributed by atoms with Crippen molar-refractivity contribution < 1.29 is 0 Å². The molecule has 0 amide bonds. The molecule has 0 aliphatic carbocycles. The smallest absolute Gasteiger partial charge is 0.0653 e. The van der Waals surface area contributed by atoms with Gasteiger partial charge in [0.2, 0.25) is 0 Å². The van der Waals surface area contributed by atoms with E-state index < -0.39 is 0 Å². The van der Waals surface area contributed by atoms with Gasteiger partial charge >= 0.3 is 0 Å². The summed E-state index contributed by atoms with van der Waals surface area (Å²) in [7, 11) is 0. The molecule has 1 aromatic heterocycles. The Labute approximate surface area is 126 Å². The maximum atomic E-state index is 6.63. The standard InChI is InChI=1S/C17H24N4/c1-17(2,20-12-6-7-13-20)16(18)15-10-11-19-21(15)14-8-4-3-5-9-14/h3-5,8-11,16H,6-7,12-13,18H2,1-2H3. The Bertz CT molecular complexity index is 582. The molecule has 2 heterocycles. The molecule has 112 valence electrons. The van der Waals surface area contributed by atoms with Gasteiger partial charge in [-0.1, -0.05) is 18.2 Å². The van der Waals surface area contributed by atoms with Gasteiger partial charge in [-0.05, 0) is 58.0 Å². The van der Waals surface area contributed by atoms with E-state index >= 15 is 0 Å². The minimum Gasteiger partial charge on any atom is -0.321 e. The van der Waals surface area contributed by atoms with Crippen LogP contribution in [-0.2, 0) is 0 Å². The lowest BCUT2D eigenvalue weighted by molar-refractivity contribution is 0.121. The minimum atomic E-state index is -0.0710. The van der Waals surface area contributed by atoms with Crippen molar-refractivity contribution in [2.24, 2.45) is 5.73 Å². The molecule has 0 saturated carbocycles. The van der Waals surface area contributed by atoms with Crippen LogP contribution in [0.25, 0.3) is 5.69 Å². The van der Waals surface area contributed by atoms with E-state index in [-0.39, 0.29) is 11.6 Å². The van der Waals surface area contributed by atoms with Crippen LogP contribution in [0.5, 0.6) is 0 Å². The highest BCUT2D eigenvalue weighted by atomic mass is 15.3. The van der Waals surface area contributed by atoms with Gasteiger partial charge in [0.05, 0.1) is 17.4 Å². The number of aromatic nitrogens is 2. The van der Waals surface area contributed by atoms with E-state index in [1.807, 2.05) is 35.1 Å². The zero-order chi connectivity index (χ0) is 14.9. The monoisotopic (exact) mass is 284 g/mol. The quantitative estimate of drug-likeness (QED) is 0.939. The van der Waals surface area contributed by atoms with Crippen LogP contribution in [0.1, 0.15) is 38.4 Å². The zero-order valence-corrected chi connectivity index (χ0v) is 12.9. The fourth-order valence-corrected chi connectivity index (χ4v) is 3.19. The molecule has 0 bridgehead atoms. The Kier molecular flexibility index (Phi) is 3.83. The molecule has 1 fully saturated rings. The molecular weight excluding hydrogens is 260 g/mol. The minimum absolute atomic E-state index is 0.0664. The van der Waals surface area contributed by atoms with Gasteiger partial charge in [-0.15, -0.1) is 0 Å². The number of hydrogen-bond acceptors (Lipinski definition) is 3. The van der Waals surface area contributed by atoms with Crippen LogP contribution in [0.15, 0.2) is 42.6 Å². The first-order chi connectivity index (χ1) is 10.1. The molecule has 1 aliphatic heterocycles. The average Bonchev–Trinajstić information content (AvgIpc) is 3.18. The zero-order valence-electron chi connectivity index (χ0n) is 12.9. The van der Waals surface area contributed by atoms with Crippen molar-refractivity contribution in [3.05, 3.63) is 48.3 Å². The molecule has 4 nitrogen and oxygen atoms in total. The fraction of sp³-hybridized carbons (Fsp3) is 0.471. The van der Waals surface area contributed by atoms with Crippen molar-refractivity contribution >= 4 is 0 Å². The van der Waals surface area contributed by atoms with Crippen molar-refractivity contribution in [1.29, 1.82) is 0 Å². The molecule has 4 heteroatoms. The Morgan fingerprint density at radius 3 is 2.43 bits per heavy atom. The maximum Gasteiger partial charge on any atom is 0.0653 e. The van der Waals surface area contributed by atoms with E-state index in [1.165, 1.54) is 12.8 Å². The van der Waals surface area contributed by atoms with Crippen LogP contribution >= 0.6 is 0 Å². The second kappa shape index (κ2) is 5.62. The van der Waals surface area contributed by atoms with Crippen molar-refractivity contribution in [3.8, 4) is 5.69 Å². The van der Waals surface area contributed by atoms with E-state index in [4.69, 9.17) is 5.73 Å². The first-order valence-electron chi connectivity index (χ1n) is 7.70. The van der Waals surface area contributed by atoms with Crippen LogP contribution in [0, 0.1) is 0 Å². The van der Waals surface area contributed by atoms with Crippen molar-refractivity contribution in [2.75, 3.05) is 13.1 Å². The number of likely N-dealkylation sites (tertiary alicyclic amines) is 1. The normalized spacial score (nSPS) is 18.0. The summed E-state index contributed by atoms with van der Waals surface area (Å²) in [4.78, 5) is 2.50. The molecule has 0 spiro atoms. The van der Waals surface area contributed by atoms with Crippen LogP contribution < -0.4 is 5.73 Å². The van der Waals surface area contributed by atoms with E-state index in [0.29, 0.717) is 0 Å². The lowest BCUT2D eigenvalue weighted by atomic mass is 9.90. The Morgan fingerprint density at radius 2 is 1.76 bits per heavy atom. The van der Waals surface area contributed by atoms with Crippen molar-refractivity contribution in [2.45, 2.75) is 38.3 Å². The SMILES string of the molecule is CC(C)(C(N)c1ccnn1-c1ccccc1)N1CCCC1. The first-order valence-corrected chi connectivity index (χ1v) is 7.70. The third-order valence-corrected chi connectivity index (χ3v) is 4.67. The summed E-state index contributed by atoms with van der Waals surface area (Å²) in [5.74, 6) is 0. The van der Waals surface area contributed by atoms with E-state index in [1.54, 1.807) is 0 Å². The largest absolute Gasteiger partial charge is 0.321 e. The lowest BCUT2D eigenvalue weighted by Gasteiger charge is -2.40. The summed E-state index contributed by atoms with van der Waals surface area (Å²) >= 11 is 0.